The summed E-state index contributed by atoms with van der Waals surface area (Å²) in [5.74, 6) is -0.220. The van der Waals surface area contributed by atoms with Gasteiger partial charge in [0.15, 0.2) is 0 Å². The van der Waals surface area contributed by atoms with Crippen LogP contribution >= 0.6 is 0 Å². The summed E-state index contributed by atoms with van der Waals surface area (Å²) in [4.78, 5) is 16.1. The van der Waals surface area contributed by atoms with Gasteiger partial charge in [-0.3, -0.25) is 9.69 Å². The normalized spacial score (nSPS) is 17.0. The first-order chi connectivity index (χ1) is 11.5. The molecule has 1 aliphatic rings. The monoisotopic (exact) mass is 333 g/mol. The lowest BCUT2D eigenvalue weighted by atomic mass is 10.1. The Morgan fingerprint density at radius 2 is 1.96 bits per heavy atom. The fourth-order valence-corrected chi connectivity index (χ4v) is 2.79. The third kappa shape index (κ3) is 3.80. The minimum atomic E-state index is -0.676. The van der Waals surface area contributed by atoms with Gasteiger partial charge >= 0.3 is 0 Å². The van der Waals surface area contributed by atoms with Gasteiger partial charge in [0.25, 0.3) is 5.91 Å². The number of benzene rings is 1. The molecule has 7 heteroatoms. The second-order valence-electron chi connectivity index (χ2n) is 5.99. The van der Waals surface area contributed by atoms with Crippen molar-refractivity contribution in [1.29, 1.82) is 0 Å². The van der Waals surface area contributed by atoms with E-state index < -0.39 is 6.10 Å². The molecule has 6 nitrogen and oxygen atoms in total. The molecule has 1 fully saturated rings. The highest BCUT2D eigenvalue weighted by Gasteiger charge is 2.25. The third-order valence-corrected chi connectivity index (χ3v) is 4.18. The van der Waals surface area contributed by atoms with E-state index in [4.69, 9.17) is 4.52 Å². The Balaban J connectivity index is 1.51. The number of aryl methyl sites for hydroxylation is 1. The molecule has 1 aliphatic heterocycles. The Morgan fingerprint density at radius 3 is 2.54 bits per heavy atom. The van der Waals surface area contributed by atoms with Gasteiger partial charge in [0.1, 0.15) is 5.82 Å². The zero-order valence-corrected chi connectivity index (χ0v) is 13.5. The highest BCUT2D eigenvalue weighted by Crippen LogP contribution is 2.17. The number of β-amino-alcohol motifs (C(OH)–C–C–N with tert-alkyl or cyclic N) is 1. The van der Waals surface area contributed by atoms with Crippen molar-refractivity contribution in [3.8, 4) is 0 Å². The molecule has 1 amide bonds. The highest BCUT2D eigenvalue weighted by atomic mass is 19.1. The lowest BCUT2D eigenvalue weighted by molar-refractivity contribution is 0.0496. The number of hydrogen-bond donors (Lipinski definition) is 1. The first-order valence-electron chi connectivity index (χ1n) is 7.91. The zero-order chi connectivity index (χ0) is 17.1. The molecule has 24 heavy (non-hydrogen) atoms. The van der Waals surface area contributed by atoms with Crippen molar-refractivity contribution >= 4 is 5.91 Å². The van der Waals surface area contributed by atoms with Crippen molar-refractivity contribution in [1.82, 2.24) is 15.0 Å². The van der Waals surface area contributed by atoms with E-state index in [0.717, 1.165) is 0 Å². The van der Waals surface area contributed by atoms with Gasteiger partial charge < -0.3 is 14.5 Å². The summed E-state index contributed by atoms with van der Waals surface area (Å²) in [6.07, 6.45) is -0.676. The molecular weight excluding hydrogens is 313 g/mol. The van der Waals surface area contributed by atoms with Crippen LogP contribution in [-0.2, 0) is 0 Å². The molecule has 2 aromatic rings. The van der Waals surface area contributed by atoms with Gasteiger partial charge in [0.05, 0.1) is 11.8 Å². The minimum absolute atomic E-state index is 0.158. The van der Waals surface area contributed by atoms with Gasteiger partial charge in [-0.05, 0) is 24.6 Å². The number of aromatic nitrogens is 1. The molecule has 1 N–H and O–H groups in total. The maximum atomic E-state index is 12.9. The van der Waals surface area contributed by atoms with Crippen LogP contribution in [0.15, 0.2) is 34.9 Å². The van der Waals surface area contributed by atoms with Crippen LogP contribution in [0.5, 0.6) is 0 Å². The van der Waals surface area contributed by atoms with Gasteiger partial charge in [-0.15, -0.1) is 0 Å². The third-order valence-electron chi connectivity index (χ3n) is 4.18. The molecule has 0 bridgehead atoms. The molecule has 0 radical (unpaired) electrons. The van der Waals surface area contributed by atoms with Crippen LogP contribution in [0.1, 0.15) is 27.9 Å². The van der Waals surface area contributed by atoms with Crippen molar-refractivity contribution < 1.29 is 18.8 Å². The quantitative estimate of drug-likeness (QED) is 0.921. The Bertz CT molecular complexity index is 693. The van der Waals surface area contributed by atoms with Gasteiger partial charge in [0, 0.05) is 38.8 Å². The Kier molecular flexibility index (Phi) is 4.92. The average molecular weight is 333 g/mol. The number of nitrogens with zero attached hydrogens (tertiary/aromatic N) is 3. The van der Waals surface area contributed by atoms with E-state index >= 15 is 0 Å². The first kappa shape index (κ1) is 16.6. The molecule has 1 aromatic heterocycles. The standard InChI is InChI=1S/C17H20FN3O3/c1-12-10-16(24-19-12)17(23)21-8-6-20(7-9-21)11-15(22)13-2-4-14(18)5-3-13/h2-5,10,15,22H,6-9,11H2,1H3. The summed E-state index contributed by atoms with van der Waals surface area (Å²) >= 11 is 0. The largest absolute Gasteiger partial charge is 0.387 e. The first-order valence-corrected chi connectivity index (χ1v) is 7.91. The van der Waals surface area contributed by atoms with E-state index in [-0.39, 0.29) is 17.5 Å². The molecule has 0 saturated carbocycles. The summed E-state index contributed by atoms with van der Waals surface area (Å²) in [5.41, 5.74) is 1.37. The van der Waals surface area contributed by atoms with E-state index in [1.165, 1.54) is 12.1 Å². The summed E-state index contributed by atoms with van der Waals surface area (Å²) in [6, 6.07) is 7.49. The van der Waals surface area contributed by atoms with E-state index in [0.29, 0.717) is 44.0 Å². The van der Waals surface area contributed by atoms with Crippen molar-refractivity contribution in [2.24, 2.45) is 0 Å². The summed E-state index contributed by atoms with van der Waals surface area (Å²) in [5, 5.41) is 14.0. The SMILES string of the molecule is Cc1cc(C(=O)N2CCN(CC(O)c3ccc(F)cc3)CC2)on1. The number of hydrogen-bond acceptors (Lipinski definition) is 5. The maximum Gasteiger partial charge on any atom is 0.292 e. The van der Waals surface area contributed by atoms with Crippen molar-refractivity contribution in [3.05, 3.63) is 53.2 Å². The van der Waals surface area contributed by atoms with E-state index in [9.17, 15) is 14.3 Å². The topological polar surface area (TPSA) is 69.8 Å². The molecule has 128 valence electrons. The van der Waals surface area contributed by atoms with E-state index in [2.05, 4.69) is 10.1 Å². The second kappa shape index (κ2) is 7.11. The van der Waals surface area contributed by atoms with Gasteiger partial charge in [-0.25, -0.2) is 4.39 Å². The lowest BCUT2D eigenvalue weighted by Gasteiger charge is -2.35. The molecule has 1 aromatic carbocycles. The number of piperazine rings is 1. The maximum absolute atomic E-state index is 12.9. The number of aliphatic hydroxyl groups excluding tert-OH is 1. The molecule has 0 aliphatic carbocycles. The number of carbonyl (C=O) groups excluding carboxylic acids is 1. The predicted molar refractivity (Wildman–Crippen MR) is 84.9 cm³/mol. The van der Waals surface area contributed by atoms with E-state index in [1.807, 2.05) is 0 Å². The summed E-state index contributed by atoms with van der Waals surface area (Å²) < 4.78 is 17.9. The second-order valence-corrected chi connectivity index (χ2v) is 5.99. The molecular formula is C17H20FN3O3. The van der Waals surface area contributed by atoms with Crippen molar-refractivity contribution in [3.63, 3.8) is 0 Å². The molecule has 0 spiro atoms. The molecule has 1 atom stereocenters. The molecule has 2 heterocycles. The van der Waals surface area contributed by atoms with Crippen molar-refractivity contribution in [2.45, 2.75) is 13.0 Å². The fourth-order valence-electron chi connectivity index (χ4n) is 2.79. The smallest absolute Gasteiger partial charge is 0.292 e. The van der Waals surface area contributed by atoms with Crippen LogP contribution in [0.25, 0.3) is 0 Å². The van der Waals surface area contributed by atoms with Gasteiger partial charge in [0.2, 0.25) is 5.76 Å². The number of aliphatic hydroxyl groups is 1. The van der Waals surface area contributed by atoms with Gasteiger partial charge in [-0.2, -0.15) is 0 Å². The van der Waals surface area contributed by atoms with E-state index in [1.54, 1.807) is 30.0 Å². The minimum Gasteiger partial charge on any atom is -0.387 e. The van der Waals surface area contributed by atoms with Crippen molar-refractivity contribution in [2.75, 3.05) is 32.7 Å². The molecule has 1 saturated heterocycles. The molecule has 1 unspecified atom stereocenters. The fraction of sp³-hybridized carbons (Fsp3) is 0.412. The van der Waals surface area contributed by atoms with Crippen LogP contribution in [0.4, 0.5) is 4.39 Å². The average Bonchev–Trinajstić information content (AvgIpc) is 3.02. The van der Waals surface area contributed by atoms with Crippen LogP contribution < -0.4 is 0 Å². The summed E-state index contributed by atoms with van der Waals surface area (Å²) in [6.45, 7) is 4.68. The Labute approximate surface area is 139 Å². The Hall–Kier alpha value is -2.25. The Morgan fingerprint density at radius 1 is 1.29 bits per heavy atom. The number of halogens is 1. The van der Waals surface area contributed by atoms with Crippen LogP contribution in [0.3, 0.4) is 0 Å². The number of rotatable bonds is 4. The van der Waals surface area contributed by atoms with Crippen LogP contribution in [0, 0.1) is 12.7 Å². The van der Waals surface area contributed by atoms with Crippen LogP contribution in [0.2, 0.25) is 0 Å². The molecule has 3 rings (SSSR count). The van der Waals surface area contributed by atoms with Gasteiger partial charge in [-0.1, -0.05) is 17.3 Å². The summed E-state index contributed by atoms with van der Waals surface area (Å²) in [7, 11) is 0. The van der Waals surface area contributed by atoms with Crippen LogP contribution in [-0.4, -0.2) is 58.7 Å². The zero-order valence-electron chi connectivity index (χ0n) is 13.5. The number of amides is 1. The lowest BCUT2D eigenvalue weighted by Crippen LogP contribution is -2.49. The predicted octanol–water partition coefficient (Wildman–Crippen LogP) is 1.61. The number of carbonyl (C=O) groups is 1. The highest BCUT2D eigenvalue weighted by molar-refractivity contribution is 5.91.